The molecule has 0 saturated carbocycles. The van der Waals surface area contributed by atoms with Crippen molar-refractivity contribution in [1.29, 1.82) is 0 Å². The fourth-order valence-electron chi connectivity index (χ4n) is 2.56. The van der Waals surface area contributed by atoms with E-state index in [1.165, 1.54) is 22.3 Å². The molecular formula is C18H23NO. The van der Waals surface area contributed by atoms with Crippen LogP contribution in [0, 0.1) is 13.8 Å². The van der Waals surface area contributed by atoms with E-state index in [1.54, 1.807) is 0 Å². The molecule has 0 aliphatic carbocycles. The second-order valence-corrected chi connectivity index (χ2v) is 5.05. The zero-order chi connectivity index (χ0) is 14.5. The van der Waals surface area contributed by atoms with Crippen LogP contribution in [-0.2, 0) is 0 Å². The van der Waals surface area contributed by atoms with Crippen molar-refractivity contribution in [1.82, 2.24) is 5.32 Å². The molecule has 2 heteroatoms. The molecule has 2 rings (SSSR count). The Balaban J connectivity index is 2.49. The lowest BCUT2D eigenvalue weighted by Crippen LogP contribution is -2.19. The fourth-order valence-corrected chi connectivity index (χ4v) is 2.56. The highest BCUT2D eigenvalue weighted by molar-refractivity contribution is 5.44. The van der Waals surface area contributed by atoms with Crippen molar-refractivity contribution in [3.05, 3.63) is 64.7 Å². The van der Waals surface area contributed by atoms with E-state index in [2.05, 4.69) is 49.5 Å². The molecule has 0 bridgehead atoms. The number of benzene rings is 2. The largest absolute Gasteiger partial charge is 0.494 e. The normalized spacial score (nSPS) is 12.2. The van der Waals surface area contributed by atoms with Crippen molar-refractivity contribution in [2.45, 2.75) is 26.8 Å². The molecule has 0 aromatic heterocycles. The number of nitrogens with one attached hydrogen (secondary N) is 1. The summed E-state index contributed by atoms with van der Waals surface area (Å²) in [6.07, 6.45) is 0. The molecule has 0 spiro atoms. The van der Waals surface area contributed by atoms with Crippen LogP contribution < -0.4 is 10.1 Å². The number of hydrogen-bond donors (Lipinski definition) is 1. The van der Waals surface area contributed by atoms with Gasteiger partial charge in [-0.25, -0.2) is 0 Å². The summed E-state index contributed by atoms with van der Waals surface area (Å²) in [6, 6.07) is 15.0. The molecule has 0 aliphatic heterocycles. The maximum Gasteiger partial charge on any atom is 0.124 e. The minimum atomic E-state index is 0.151. The van der Waals surface area contributed by atoms with Crippen molar-refractivity contribution < 1.29 is 4.74 Å². The van der Waals surface area contributed by atoms with E-state index < -0.39 is 0 Å². The smallest absolute Gasteiger partial charge is 0.124 e. The topological polar surface area (TPSA) is 21.3 Å². The Morgan fingerprint density at radius 2 is 1.80 bits per heavy atom. The highest BCUT2D eigenvalue weighted by Crippen LogP contribution is 2.31. The van der Waals surface area contributed by atoms with Gasteiger partial charge < -0.3 is 10.1 Å². The summed E-state index contributed by atoms with van der Waals surface area (Å²) >= 11 is 0. The molecule has 2 aromatic rings. The molecule has 20 heavy (non-hydrogen) atoms. The average Bonchev–Trinajstić information content (AvgIpc) is 2.45. The second-order valence-electron chi connectivity index (χ2n) is 5.05. The minimum absolute atomic E-state index is 0.151. The van der Waals surface area contributed by atoms with Crippen molar-refractivity contribution >= 4 is 0 Å². The van der Waals surface area contributed by atoms with Crippen LogP contribution in [0.2, 0.25) is 0 Å². The number of rotatable bonds is 5. The predicted molar refractivity (Wildman–Crippen MR) is 84.4 cm³/mol. The van der Waals surface area contributed by atoms with Crippen molar-refractivity contribution in [3.63, 3.8) is 0 Å². The summed E-state index contributed by atoms with van der Waals surface area (Å²) < 4.78 is 5.77. The fraction of sp³-hybridized carbons (Fsp3) is 0.333. The Bertz CT molecular complexity index is 577. The maximum atomic E-state index is 5.77. The molecular weight excluding hydrogens is 246 g/mol. The quantitative estimate of drug-likeness (QED) is 0.885. The van der Waals surface area contributed by atoms with Gasteiger partial charge in [-0.15, -0.1) is 0 Å². The van der Waals surface area contributed by atoms with Crippen molar-refractivity contribution in [2.75, 3.05) is 13.7 Å². The summed E-state index contributed by atoms with van der Waals surface area (Å²) in [6.45, 7) is 6.98. The highest BCUT2D eigenvalue weighted by atomic mass is 16.5. The summed E-state index contributed by atoms with van der Waals surface area (Å²) in [5, 5.41) is 3.42. The molecule has 1 N–H and O–H groups in total. The van der Waals surface area contributed by atoms with Gasteiger partial charge in [-0.3, -0.25) is 0 Å². The lowest BCUT2D eigenvalue weighted by atomic mass is 9.93. The van der Waals surface area contributed by atoms with Crippen LogP contribution in [0.25, 0.3) is 0 Å². The van der Waals surface area contributed by atoms with Gasteiger partial charge >= 0.3 is 0 Å². The molecule has 1 atom stereocenters. The van der Waals surface area contributed by atoms with E-state index in [0.29, 0.717) is 6.61 Å². The van der Waals surface area contributed by atoms with Gasteiger partial charge in [0.05, 0.1) is 12.6 Å². The van der Waals surface area contributed by atoms with E-state index in [0.717, 1.165) is 5.75 Å². The second kappa shape index (κ2) is 6.58. The lowest BCUT2D eigenvalue weighted by molar-refractivity contribution is 0.334. The van der Waals surface area contributed by atoms with Crippen LogP contribution in [0.5, 0.6) is 5.75 Å². The molecule has 0 saturated heterocycles. The summed E-state index contributed by atoms with van der Waals surface area (Å²) in [5.74, 6) is 0.954. The first kappa shape index (κ1) is 14.6. The van der Waals surface area contributed by atoms with Crippen LogP contribution in [0.15, 0.2) is 42.5 Å². The van der Waals surface area contributed by atoms with Gasteiger partial charge in [0.25, 0.3) is 0 Å². The number of para-hydroxylation sites is 1. The molecule has 0 amide bonds. The third-order valence-corrected chi connectivity index (χ3v) is 3.56. The Kier molecular flexibility index (Phi) is 4.80. The molecule has 0 aliphatic rings. The summed E-state index contributed by atoms with van der Waals surface area (Å²) in [4.78, 5) is 0. The Hall–Kier alpha value is -1.80. The third kappa shape index (κ3) is 3.02. The van der Waals surface area contributed by atoms with Gasteiger partial charge in [0.1, 0.15) is 5.75 Å². The zero-order valence-electron chi connectivity index (χ0n) is 12.7. The molecule has 1 unspecified atom stereocenters. The summed E-state index contributed by atoms with van der Waals surface area (Å²) in [5.41, 5.74) is 5.06. The molecule has 0 heterocycles. The van der Waals surface area contributed by atoms with E-state index in [1.807, 2.05) is 26.1 Å². The van der Waals surface area contributed by atoms with E-state index in [-0.39, 0.29) is 6.04 Å². The molecule has 0 radical (unpaired) electrons. The van der Waals surface area contributed by atoms with E-state index in [9.17, 15) is 0 Å². The molecule has 2 nitrogen and oxygen atoms in total. The van der Waals surface area contributed by atoms with Crippen LogP contribution in [-0.4, -0.2) is 13.7 Å². The molecule has 2 aromatic carbocycles. The van der Waals surface area contributed by atoms with Gasteiger partial charge in [0, 0.05) is 5.56 Å². The van der Waals surface area contributed by atoms with Gasteiger partial charge in [0.2, 0.25) is 0 Å². The van der Waals surface area contributed by atoms with Gasteiger partial charge in [-0.1, -0.05) is 42.0 Å². The number of aryl methyl sites for hydroxylation is 2. The predicted octanol–water partition coefficient (Wildman–Crippen LogP) is 4.01. The van der Waals surface area contributed by atoms with Crippen molar-refractivity contribution in [2.24, 2.45) is 0 Å². The van der Waals surface area contributed by atoms with Gasteiger partial charge in [-0.2, -0.15) is 0 Å². The Morgan fingerprint density at radius 3 is 2.50 bits per heavy atom. The maximum absolute atomic E-state index is 5.77. The van der Waals surface area contributed by atoms with Crippen molar-refractivity contribution in [3.8, 4) is 5.75 Å². The van der Waals surface area contributed by atoms with Gasteiger partial charge in [0.15, 0.2) is 0 Å². The standard InChI is InChI=1S/C18H23NO/c1-5-20-17-9-7-6-8-15(17)18(19-4)16-12-13(2)10-11-14(16)3/h6-12,18-19H,5H2,1-4H3. The van der Waals surface area contributed by atoms with Crippen LogP contribution in [0.4, 0.5) is 0 Å². The zero-order valence-corrected chi connectivity index (χ0v) is 12.7. The third-order valence-electron chi connectivity index (χ3n) is 3.56. The van der Waals surface area contributed by atoms with Crippen LogP contribution in [0.1, 0.15) is 35.2 Å². The van der Waals surface area contributed by atoms with E-state index in [4.69, 9.17) is 4.74 Å². The Morgan fingerprint density at radius 1 is 1.05 bits per heavy atom. The monoisotopic (exact) mass is 269 g/mol. The lowest BCUT2D eigenvalue weighted by Gasteiger charge is -2.22. The number of ether oxygens (including phenoxy) is 1. The highest BCUT2D eigenvalue weighted by Gasteiger charge is 2.18. The SMILES string of the molecule is CCOc1ccccc1C(NC)c1cc(C)ccc1C. The molecule has 106 valence electrons. The number of hydrogen-bond acceptors (Lipinski definition) is 2. The minimum Gasteiger partial charge on any atom is -0.494 e. The first-order valence-corrected chi connectivity index (χ1v) is 7.13. The van der Waals surface area contributed by atoms with Gasteiger partial charge in [-0.05, 0) is 45.0 Å². The van der Waals surface area contributed by atoms with Crippen LogP contribution >= 0.6 is 0 Å². The van der Waals surface area contributed by atoms with Crippen LogP contribution in [0.3, 0.4) is 0 Å². The average molecular weight is 269 g/mol. The first-order valence-electron chi connectivity index (χ1n) is 7.13. The molecule has 0 fully saturated rings. The van der Waals surface area contributed by atoms with E-state index >= 15 is 0 Å². The summed E-state index contributed by atoms with van der Waals surface area (Å²) in [7, 11) is 2.00. The Labute approximate surface area is 121 Å². The first-order chi connectivity index (χ1) is 9.67.